The van der Waals surface area contributed by atoms with Gasteiger partial charge in [0.05, 0.1) is 6.54 Å². The minimum Gasteiger partial charge on any atom is -0.307 e. The molecule has 0 saturated heterocycles. The molecular formula is C14H11ClN2O. The van der Waals surface area contributed by atoms with Crippen molar-refractivity contribution in [1.82, 2.24) is 4.57 Å². The largest absolute Gasteiger partial charge is 0.307 e. The van der Waals surface area contributed by atoms with Gasteiger partial charge in [0, 0.05) is 10.7 Å². The molecule has 4 heteroatoms. The van der Waals surface area contributed by atoms with E-state index in [0.29, 0.717) is 11.6 Å². The molecule has 2 aromatic rings. The van der Waals surface area contributed by atoms with Crippen LogP contribution in [-0.2, 0) is 6.54 Å². The van der Waals surface area contributed by atoms with Gasteiger partial charge in [-0.15, -0.1) is 0 Å². The molecule has 0 radical (unpaired) electrons. The lowest BCUT2D eigenvalue weighted by atomic mass is 10.2. The number of nitrogens with zero attached hydrogens (tertiary/aromatic N) is 2. The highest BCUT2D eigenvalue weighted by Crippen LogP contribution is 2.11. The van der Waals surface area contributed by atoms with E-state index >= 15 is 0 Å². The van der Waals surface area contributed by atoms with Crippen LogP contribution in [0, 0.1) is 18.3 Å². The van der Waals surface area contributed by atoms with E-state index < -0.39 is 0 Å². The Bertz CT molecular complexity index is 666. The van der Waals surface area contributed by atoms with Gasteiger partial charge in [-0.05, 0) is 36.8 Å². The maximum Gasteiger partial charge on any atom is 0.268 e. The van der Waals surface area contributed by atoms with E-state index in [0.717, 1.165) is 11.3 Å². The molecule has 3 nitrogen and oxygen atoms in total. The summed E-state index contributed by atoms with van der Waals surface area (Å²) in [5.74, 6) is 0. The number of aromatic nitrogens is 1. The number of hydrogen-bond donors (Lipinski definition) is 0. The van der Waals surface area contributed by atoms with Crippen molar-refractivity contribution in [3.63, 3.8) is 0 Å². The van der Waals surface area contributed by atoms with Crippen LogP contribution in [0.1, 0.15) is 16.8 Å². The van der Waals surface area contributed by atoms with Crippen molar-refractivity contribution in [2.24, 2.45) is 0 Å². The maximum atomic E-state index is 12.0. The molecule has 1 heterocycles. The van der Waals surface area contributed by atoms with E-state index in [2.05, 4.69) is 0 Å². The van der Waals surface area contributed by atoms with Crippen LogP contribution in [0.15, 0.2) is 41.2 Å². The second-order valence-electron chi connectivity index (χ2n) is 4.02. The van der Waals surface area contributed by atoms with Gasteiger partial charge in [-0.1, -0.05) is 23.7 Å². The zero-order valence-corrected chi connectivity index (χ0v) is 10.6. The smallest absolute Gasteiger partial charge is 0.268 e. The molecule has 0 aliphatic rings. The lowest BCUT2D eigenvalue weighted by molar-refractivity contribution is 0.727. The molecule has 0 unspecified atom stereocenters. The van der Waals surface area contributed by atoms with Gasteiger partial charge in [0.25, 0.3) is 5.56 Å². The van der Waals surface area contributed by atoms with Gasteiger partial charge in [-0.3, -0.25) is 4.79 Å². The molecule has 0 N–H and O–H groups in total. The Morgan fingerprint density at radius 3 is 2.50 bits per heavy atom. The first-order chi connectivity index (χ1) is 8.61. The van der Waals surface area contributed by atoms with Gasteiger partial charge in [0.15, 0.2) is 0 Å². The van der Waals surface area contributed by atoms with Gasteiger partial charge >= 0.3 is 0 Å². The zero-order valence-electron chi connectivity index (χ0n) is 9.85. The van der Waals surface area contributed by atoms with E-state index in [1.54, 1.807) is 28.8 Å². The number of rotatable bonds is 2. The standard InChI is InChI=1S/C14H11ClN2O/c1-10-2-5-12(8-16)14(18)17(10)9-11-3-6-13(15)7-4-11/h2-7H,9H2,1H3. The minimum atomic E-state index is -0.257. The lowest BCUT2D eigenvalue weighted by Crippen LogP contribution is -2.24. The van der Waals surface area contributed by atoms with E-state index in [1.807, 2.05) is 25.1 Å². The Kier molecular flexibility index (Phi) is 3.50. The van der Waals surface area contributed by atoms with Gasteiger partial charge < -0.3 is 4.57 Å². The van der Waals surface area contributed by atoms with Crippen molar-refractivity contribution in [2.45, 2.75) is 13.5 Å². The number of nitriles is 1. The van der Waals surface area contributed by atoms with Crippen LogP contribution in [0.4, 0.5) is 0 Å². The SMILES string of the molecule is Cc1ccc(C#N)c(=O)n1Cc1ccc(Cl)cc1. The third-order valence-corrected chi connectivity index (χ3v) is 3.02. The van der Waals surface area contributed by atoms with Gasteiger partial charge in [-0.25, -0.2) is 0 Å². The summed E-state index contributed by atoms with van der Waals surface area (Å²) in [7, 11) is 0. The Labute approximate surface area is 110 Å². The first-order valence-corrected chi connectivity index (χ1v) is 5.84. The van der Waals surface area contributed by atoms with Crippen LogP contribution in [0.25, 0.3) is 0 Å². The Morgan fingerprint density at radius 1 is 1.22 bits per heavy atom. The highest BCUT2D eigenvalue weighted by molar-refractivity contribution is 6.30. The molecule has 18 heavy (non-hydrogen) atoms. The van der Waals surface area contributed by atoms with E-state index in [4.69, 9.17) is 16.9 Å². The first kappa shape index (κ1) is 12.4. The lowest BCUT2D eigenvalue weighted by Gasteiger charge is -2.10. The van der Waals surface area contributed by atoms with Crippen LogP contribution < -0.4 is 5.56 Å². The molecule has 1 aromatic carbocycles. The topological polar surface area (TPSA) is 45.8 Å². The summed E-state index contributed by atoms with van der Waals surface area (Å²) >= 11 is 5.81. The molecule has 0 saturated carbocycles. The summed E-state index contributed by atoms with van der Waals surface area (Å²) in [6, 6.07) is 12.5. The fourth-order valence-corrected chi connectivity index (χ4v) is 1.85. The summed E-state index contributed by atoms with van der Waals surface area (Å²) in [4.78, 5) is 12.0. The average molecular weight is 259 g/mol. The number of hydrogen-bond acceptors (Lipinski definition) is 2. The Hall–Kier alpha value is -2.05. The summed E-state index contributed by atoms with van der Waals surface area (Å²) in [6.45, 7) is 2.29. The molecule has 0 bridgehead atoms. The monoisotopic (exact) mass is 258 g/mol. The molecule has 2 rings (SSSR count). The molecule has 0 aliphatic heterocycles. The van der Waals surface area contributed by atoms with Crippen LogP contribution in [-0.4, -0.2) is 4.57 Å². The van der Waals surface area contributed by atoms with Gasteiger partial charge in [-0.2, -0.15) is 5.26 Å². The molecule has 0 fully saturated rings. The van der Waals surface area contributed by atoms with Crippen molar-refractivity contribution < 1.29 is 0 Å². The predicted octanol–water partition coefficient (Wildman–Crippen LogP) is 2.73. The van der Waals surface area contributed by atoms with Crippen LogP contribution >= 0.6 is 11.6 Å². The highest BCUT2D eigenvalue weighted by Gasteiger charge is 2.06. The summed E-state index contributed by atoms with van der Waals surface area (Å²) < 4.78 is 1.59. The van der Waals surface area contributed by atoms with E-state index in [9.17, 15) is 4.79 Å². The summed E-state index contributed by atoms with van der Waals surface area (Å²) in [5.41, 5.74) is 1.70. The second-order valence-corrected chi connectivity index (χ2v) is 4.45. The third-order valence-electron chi connectivity index (χ3n) is 2.77. The first-order valence-electron chi connectivity index (χ1n) is 5.47. The normalized spacial score (nSPS) is 10.1. The Balaban J connectivity index is 2.43. The van der Waals surface area contributed by atoms with Crippen molar-refractivity contribution in [3.05, 3.63) is 68.6 Å². The molecule has 0 amide bonds. The van der Waals surface area contributed by atoms with Crippen LogP contribution in [0.3, 0.4) is 0 Å². The maximum absolute atomic E-state index is 12.0. The molecule has 1 aromatic heterocycles. The highest BCUT2D eigenvalue weighted by atomic mass is 35.5. The number of halogens is 1. The quantitative estimate of drug-likeness (QED) is 0.831. The molecular weight excluding hydrogens is 248 g/mol. The Morgan fingerprint density at radius 2 is 1.89 bits per heavy atom. The predicted molar refractivity (Wildman–Crippen MR) is 70.7 cm³/mol. The molecule has 90 valence electrons. The number of aryl methyl sites for hydroxylation is 1. The van der Waals surface area contributed by atoms with E-state index in [-0.39, 0.29) is 11.1 Å². The second kappa shape index (κ2) is 5.07. The van der Waals surface area contributed by atoms with Crippen molar-refractivity contribution >= 4 is 11.6 Å². The fraction of sp³-hybridized carbons (Fsp3) is 0.143. The zero-order chi connectivity index (χ0) is 13.1. The van der Waals surface area contributed by atoms with Crippen molar-refractivity contribution in [3.8, 4) is 6.07 Å². The van der Waals surface area contributed by atoms with Gasteiger partial charge in [0.2, 0.25) is 0 Å². The number of benzene rings is 1. The summed E-state index contributed by atoms with van der Waals surface area (Å²) in [5, 5.41) is 9.52. The number of pyridine rings is 1. The molecule has 0 spiro atoms. The average Bonchev–Trinajstić information content (AvgIpc) is 2.37. The molecule has 0 aliphatic carbocycles. The third kappa shape index (κ3) is 2.44. The minimum absolute atomic E-state index is 0.162. The molecule has 0 atom stereocenters. The van der Waals surface area contributed by atoms with E-state index in [1.165, 1.54) is 0 Å². The van der Waals surface area contributed by atoms with Crippen LogP contribution in [0.5, 0.6) is 0 Å². The van der Waals surface area contributed by atoms with Crippen molar-refractivity contribution in [2.75, 3.05) is 0 Å². The summed E-state index contributed by atoms with van der Waals surface area (Å²) in [6.07, 6.45) is 0. The van der Waals surface area contributed by atoms with Gasteiger partial charge in [0.1, 0.15) is 11.6 Å². The van der Waals surface area contributed by atoms with Crippen LogP contribution in [0.2, 0.25) is 5.02 Å². The van der Waals surface area contributed by atoms with Crippen molar-refractivity contribution in [1.29, 1.82) is 5.26 Å². The fourth-order valence-electron chi connectivity index (χ4n) is 1.72.